The molecule has 2 atom stereocenters. The molecule has 1 amide bonds. The lowest BCUT2D eigenvalue weighted by atomic mass is 9.97. The third kappa shape index (κ3) is 2.68. The van der Waals surface area contributed by atoms with E-state index in [1.54, 1.807) is 12.1 Å². The topological polar surface area (TPSA) is 46.3 Å². The maximum Gasteiger partial charge on any atom is 0.254 e. The fourth-order valence-corrected chi connectivity index (χ4v) is 2.76. The van der Waals surface area contributed by atoms with E-state index in [-0.39, 0.29) is 18.0 Å². The van der Waals surface area contributed by atoms with Gasteiger partial charge in [0.1, 0.15) is 0 Å². The van der Waals surface area contributed by atoms with Gasteiger partial charge in [-0.2, -0.15) is 0 Å². The second-order valence-electron chi connectivity index (χ2n) is 5.09. The van der Waals surface area contributed by atoms with Gasteiger partial charge in [-0.15, -0.1) is 0 Å². The van der Waals surface area contributed by atoms with Crippen LogP contribution in [0.1, 0.15) is 35.7 Å². The number of carbonyl (C=O) groups is 1. The molecule has 98 valence electrons. The predicted molar refractivity (Wildman–Crippen MR) is 73.9 cm³/mol. The first-order valence-electron chi connectivity index (χ1n) is 6.31. The van der Waals surface area contributed by atoms with Crippen molar-refractivity contribution in [3.8, 4) is 0 Å². The Labute approximate surface area is 113 Å². The molecule has 0 saturated carbocycles. The Morgan fingerprint density at radius 2 is 2.22 bits per heavy atom. The van der Waals surface area contributed by atoms with E-state index < -0.39 is 0 Å². The molecule has 1 aliphatic rings. The minimum atomic E-state index is 0.0866. The van der Waals surface area contributed by atoms with E-state index >= 15 is 0 Å². The standard InChI is InChI=1S/C14H19ClN2O/c1-9-7-11(15)3-4-13(9)14(18)17-6-5-12(16)8-10(17)2/h3-4,7,10,12H,5-6,8,16H2,1-2H3. The van der Waals surface area contributed by atoms with Crippen molar-refractivity contribution in [1.29, 1.82) is 0 Å². The largest absolute Gasteiger partial charge is 0.336 e. The molecule has 0 aromatic heterocycles. The van der Waals surface area contributed by atoms with Crippen LogP contribution in [-0.4, -0.2) is 29.4 Å². The van der Waals surface area contributed by atoms with Gasteiger partial charge < -0.3 is 10.6 Å². The summed E-state index contributed by atoms with van der Waals surface area (Å²) in [7, 11) is 0. The normalized spacial score (nSPS) is 24.1. The summed E-state index contributed by atoms with van der Waals surface area (Å²) < 4.78 is 0. The second kappa shape index (κ2) is 5.29. The smallest absolute Gasteiger partial charge is 0.254 e. The average Bonchev–Trinajstić information content (AvgIpc) is 2.28. The van der Waals surface area contributed by atoms with Crippen LogP contribution in [0.25, 0.3) is 0 Å². The molecule has 0 aliphatic carbocycles. The number of benzene rings is 1. The average molecular weight is 267 g/mol. The van der Waals surface area contributed by atoms with E-state index in [2.05, 4.69) is 6.92 Å². The number of nitrogens with two attached hydrogens (primary N) is 1. The van der Waals surface area contributed by atoms with Crippen LogP contribution in [0.3, 0.4) is 0 Å². The van der Waals surface area contributed by atoms with Crippen LogP contribution >= 0.6 is 11.6 Å². The monoisotopic (exact) mass is 266 g/mol. The molecule has 2 unspecified atom stereocenters. The van der Waals surface area contributed by atoms with Crippen LogP contribution < -0.4 is 5.73 Å². The fourth-order valence-electron chi connectivity index (χ4n) is 2.53. The first-order valence-corrected chi connectivity index (χ1v) is 6.69. The summed E-state index contributed by atoms with van der Waals surface area (Å²) >= 11 is 5.91. The van der Waals surface area contributed by atoms with Gasteiger partial charge in [-0.1, -0.05) is 11.6 Å². The van der Waals surface area contributed by atoms with E-state index in [0.717, 1.165) is 30.5 Å². The van der Waals surface area contributed by atoms with Gasteiger partial charge in [0.15, 0.2) is 0 Å². The third-order valence-electron chi connectivity index (χ3n) is 3.60. The van der Waals surface area contributed by atoms with Gasteiger partial charge >= 0.3 is 0 Å². The summed E-state index contributed by atoms with van der Waals surface area (Å²) in [6, 6.07) is 5.82. The number of nitrogens with zero attached hydrogens (tertiary/aromatic N) is 1. The van der Waals surface area contributed by atoms with Crippen LogP contribution in [0, 0.1) is 6.92 Å². The molecule has 1 fully saturated rings. The molecular weight excluding hydrogens is 248 g/mol. The van der Waals surface area contributed by atoms with Crippen molar-refractivity contribution in [3.05, 3.63) is 34.3 Å². The van der Waals surface area contributed by atoms with Gasteiger partial charge in [0.25, 0.3) is 5.91 Å². The van der Waals surface area contributed by atoms with Gasteiger partial charge in [-0.3, -0.25) is 4.79 Å². The minimum absolute atomic E-state index is 0.0866. The Kier molecular flexibility index (Phi) is 3.93. The second-order valence-corrected chi connectivity index (χ2v) is 5.53. The number of likely N-dealkylation sites (tertiary alicyclic amines) is 1. The summed E-state index contributed by atoms with van der Waals surface area (Å²) in [6.07, 6.45) is 1.75. The molecule has 18 heavy (non-hydrogen) atoms. The zero-order chi connectivity index (χ0) is 13.3. The lowest BCUT2D eigenvalue weighted by Gasteiger charge is -2.36. The van der Waals surface area contributed by atoms with Crippen molar-refractivity contribution in [2.45, 2.75) is 38.8 Å². The van der Waals surface area contributed by atoms with E-state index in [1.165, 1.54) is 0 Å². The van der Waals surface area contributed by atoms with Crippen molar-refractivity contribution in [2.75, 3.05) is 6.54 Å². The molecule has 2 N–H and O–H groups in total. The van der Waals surface area contributed by atoms with Crippen LogP contribution in [0.2, 0.25) is 5.02 Å². The predicted octanol–water partition coefficient (Wildman–Crippen LogP) is 2.60. The summed E-state index contributed by atoms with van der Waals surface area (Å²) in [4.78, 5) is 14.4. The quantitative estimate of drug-likeness (QED) is 0.849. The van der Waals surface area contributed by atoms with Crippen molar-refractivity contribution in [1.82, 2.24) is 4.90 Å². The third-order valence-corrected chi connectivity index (χ3v) is 3.83. The number of amides is 1. The van der Waals surface area contributed by atoms with Crippen molar-refractivity contribution in [2.24, 2.45) is 5.73 Å². The SMILES string of the molecule is Cc1cc(Cl)ccc1C(=O)N1CCC(N)CC1C. The highest BCUT2D eigenvalue weighted by Crippen LogP contribution is 2.22. The molecule has 1 aromatic rings. The highest BCUT2D eigenvalue weighted by molar-refractivity contribution is 6.30. The zero-order valence-electron chi connectivity index (χ0n) is 10.8. The number of hydrogen-bond donors (Lipinski definition) is 1. The molecule has 1 aromatic carbocycles. The van der Waals surface area contributed by atoms with E-state index in [1.807, 2.05) is 17.9 Å². The van der Waals surface area contributed by atoms with Gasteiger partial charge in [0.2, 0.25) is 0 Å². The van der Waals surface area contributed by atoms with Crippen LogP contribution in [0.15, 0.2) is 18.2 Å². The first kappa shape index (κ1) is 13.4. The minimum Gasteiger partial charge on any atom is -0.336 e. The van der Waals surface area contributed by atoms with Crippen molar-refractivity contribution in [3.63, 3.8) is 0 Å². The summed E-state index contributed by atoms with van der Waals surface area (Å²) in [6.45, 7) is 4.71. The highest BCUT2D eigenvalue weighted by Gasteiger charge is 2.28. The maximum atomic E-state index is 12.5. The summed E-state index contributed by atoms with van der Waals surface area (Å²) in [5, 5.41) is 0.665. The molecule has 4 heteroatoms. The summed E-state index contributed by atoms with van der Waals surface area (Å²) in [5.41, 5.74) is 7.58. The molecule has 2 rings (SSSR count). The maximum absolute atomic E-state index is 12.5. The van der Waals surface area contributed by atoms with E-state index in [9.17, 15) is 4.79 Å². The highest BCUT2D eigenvalue weighted by atomic mass is 35.5. The molecule has 0 spiro atoms. The van der Waals surface area contributed by atoms with Gasteiger partial charge in [0.05, 0.1) is 0 Å². The van der Waals surface area contributed by atoms with Gasteiger partial charge in [0, 0.05) is 29.2 Å². The number of carbonyl (C=O) groups excluding carboxylic acids is 1. The van der Waals surface area contributed by atoms with Gasteiger partial charge in [-0.25, -0.2) is 0 Å². The van der Waals surface area contributed by atoms with Crippen LogP contribution in [0.5, 0.6) is 0 Å². The number of rotatable bonds is 1. The molecule has 1 heterocycles. The van der Waals surface area contributed by atoms with E-state index in [4.69, 9.17) is 17.3 Å². The lowest BCUT2D eigenvalue weighted by Crippen LogP contribution is -2.48. The number of halogens is 1. The number of aryl methyl sites for hydroxylation is 1. The number of hydrogen-bond acceptors (Lipinski definition) is 2. The Hall–Kier alpha value is -1.06. The van der Waals surface area contributed by atoms with Crippen LogP contribution in [0.4, 0.5) is 0 Å². The Morgan fingerprint density at radius 3 is 2.83 bits per heavy atom. The molecule has 1 saturated heterocycles. The molecule has 3 nitrogen and oxygen atoms in total. The van der Waals surface area contributed by atoms with Crippen molar-refractivity contribution >= 4 is 17.5 Å². The lowest BCUT2D eigenvalue weighted by molar-refractivity contribution is 0.0618. The summed E-state index contributed by atoms with van der Waals surface area (Å²) in [5.74, 6) is 0.0866. The number of piperidine rings is 1. The molecule has 0 bridgehead atoms. The van der Waals surface area contributed by atoms with Crippen LogP contribution in [-0.2, 0) is 0 Å². The molecule has 1 aliphatic heterocycles. The zero-order valence-corrected chi connectivity index (χ0v) is 11.6. The van der Waals surface area contributed by atoms with Gasteiger partial charge in [-0.05, 0) is 50.5 Å². The molecular formula is C14H19ClN2O. The Balaban J connectivity index is 2.20. The Bertz CT molecular complexity index is 461. The molecule has 0 radical (unpaired) electrons. The fraction of sp³-hybridized carbons (Fsp3) is 0.500. The first-order chi connectivity index (χ1) is 8.49. The van der Waals surface area contributed by atoms with E-state index in [0.29, 0.717) is 5.02 Å². The Morgan fingerprint density at radius 1 is 1.50 bits per heavy atom. The van der Waals surface area contributed by atoms with Crippen molar-refractivity contribution < 1.29 is 4.79 Å².